The molecule has 3 aromatic rings. The Labute approximate surface area is 126 Å². The molecule has 0 aliphatic rings. The van der Waals surface area contributed by atoms with Gasteiger partial charge in [-0.1, -0.05) is 17.7 Å². The molecule has 104 valence electrons. The third kappa shape index (κ3) is 2.70. The minimum absolute atomic E-state index is 0.149. The molecule has 3 rings (SSSR count). The van der Waals surface area contributed by atoms with Crippen LogP contribution < -0.4 is 5.32 Å². The second-order valence-electron chi connectivity index (χ2n) is 4.59. The Hall–Kier alpha value is -1.43. The molecule has 0 unspecified atom stereocenters. The highest BCUT2D eigenvalue weighted by Gasteiger charge is 2.16. The van der Waals surface area contributed by atoms with Gasteiger partial charge in [0.25, 0.3) is 0 Å². The average Bonchev–Trinajstić information content (AvgIpc) is 2.99. The average molecular weight is 307 g/mol. The highest BCUT2D eigenvalue weighted by Crippen LogP contribution is 2.26. The number of halogens is 1. The molecule has 1 atom stereocenters. The second kappa shape index (κ2) is 5.91. The molecule has 0 saturated carbocycles. The molecule has 0 aliphatic heterocycles. The number of aromatic nitrogens is 3. The molecule has 0 aromatic carbocycles. The Bertz CT molecular complexity index is 692. The van der Waals surface area contributed by atoms with E-state index in [1.807, 2.05) is 40.4 Å². The van der Waals surface area contributed by atoms with Gasteiger partial charge in [-0.3, -0.25) is 9.38 Å². The Kier molecular flexibility index (Phi) is 4.00. The van der Waals surface area contributed by atoms with E-state index in [1.165, 1.54) is 0 Å². The van der Waals surface area contributed by atoms with Gasteiger partial charge < -0.3 is 5.32 Å². The molecule has 3 heterocycles. The summed E-state index contributed by atoms with van der Waals surface area (Å²) in [5.41, 5.74) is 2.11. The second-order valence-corrected chi connectivity index (χ2v) is 5.82. The van der Waals surface area contributed by atoms with Crippen LogP contribution in [0.4, 0.5) is 0 Å². The fourth-order valence-electron chi connectivity index (χ4n) is 2.22. The van der Waals surface area contributed by atoms with E-state index < -0.39 is 0 Å². The van der Waals surface area contributed by atoms with Gasteiger partial charge in [0.1, 0.15) is 0 Å². The third-order valence-electron chi connectivity index (χ3n) is 3.22. The van der Waals surface area contributed by atoms with Gasteiger partial charge in [-0.25, -0.2) is 4.98 Å². The summed E-state index contributed by atoms with van der Waals surface area (Å²) in [6, 6.07) is 6.12. The van der Waals surface area contributed by atoms with Crippen LogP contribution in [0.2, 0.25) is 5.15 Å². The highest BCUT2D eigenvalue weighted by molar-refractivity contribution is 7.15. The van der Waals surface area contributed by atoms with E-state index in [1.54, 1.807) is 11.3 Å². The molecule has 0 spiro atoms. The topological polar surface area (TPSA) is 42.2 Å². The summed E-state index contributed by atoms with van der Waals surface area (Å²) in [6.45, 7) is 2.96. The van der Waals surface area contributed by atoms with Crippen LogP contribution in [-0.2, 0) is 6.42 Å². The predicted molar refractivity (Wildman–Crippen MR) is 82.4 cm³/mol. The smallest absolute Gasteiger partial charge is 0.195 e. The van der Waals surface area contributed by atoms with Gasteiger partial charge >= 0.3 is 0 Å². The maximum Gasteiger partial charge on any atom is 0.195 e. The van der Waals surface area contributed by atoms with Crippen molar-refractivity contribution in [2.24, 2.45) is 0 Å². The maximum atomic E-state index is 6.22. The monoisotopic (exact) mass is 306 g/mol. The number of nitrogens with zero attached hydrogens (tertiary/aromatic N) is 3. The van der Waals surface area contributed by atoms with Crippen LogP contribution in [0.1, 0.15) is 24.4 Å². The molecule has 0 radical (unpaired) electrons. The molecule has 3 aromatic heterocycles. The van der Waals surface area contributed by atoms with E-state index in [2.05, 4.69) is 22.2 Å². The number of hydrogen-bond donors (Lipinski definition) is 1. The van der Waals surface area contributed by atoms with E-state index in [-0.39, 0.29) is 6.04 Å². The lowest BCUT2D eigenvalue weighted by Gasteiger charge is -2.13. The normalized spacial score (nSPS) is 12.9. The van der Waals surface area contributed by atoms with Crippen LogP contribution in [-0.4, -0.2) is 20.9 Å². The summed E-state index contributed by atoms with van der Waals surface area (Å²) in [5.74, 6) is 0. The number of thiazole rings is 1. The zero-order valence-corrected chi connectivity index (χ0v) is 12.7. The number of pyridine rings is 1. The highest BCUT2D eigenvalue weighted by atomic mass is 35.5. The molecule has 0 bridgehead atoms. The predicted octanol–water partition coefficient (Wildman–Crippen LogP) is 3.34. The summed E-state index contributed by atoms with van der Waals surface area (Å²) in [4.78, 5) is 9.60. The Morgan fingerprint density at radius 2 is 2.35 bits per heavy atom. The van der Waals surface area contributed by atoms with E-state index in [0.29, 0.717) is 5.15 Å². The number of fused-ring (bicyclic) bond motifs is 1. The van der Waals surface area contributed by atoms with Crippen molar-refractivity contribution in [3.05, 3.63) is 52.5 Å². The molecular formula is C14H15ClN4S. The van der Waals surface area contributed by atoms with Crippen molar-refractivity contribution in [1.82, 2.24) is 19.7 Å². The van der Waals surface area contributed by atoms with Crippen molar-refractivity contribution in [1.29, 1.82) is 0 Å². The first-order valence-electron chi connectivity index (χ1n) is 6.50. The lowest BCUT2D eigenvalue weighted by molar-refractivity contribution is 0.559. The van der Waals surface area contributed by atoms with Crippen molar-refractivity contribution >= 4 is 27.9 Å². The van der Waals surface area contributed by atoms with Crippen molar-refractivity contribution in [3.63, 3.8) is 0 Å². The van der Waals surface area contributed by atoms with Crippen LogP contribution in [0.25, 0.3) is 4.96 Å². The van der Waals surface area contributed by atoms with Crippen LogP contribution in [0.15, 0.2) is 36.0 Å². The molecule has 0 fully saturated rings. The first-order chi connectivity index (χ1) is 9.75. The summed E-state index contributed by atoms with van der Waals surface area (Å²) in [7, 11) is 0. The minimum atomic E-state index is 0.149. The third-order valence-corrected chi connectivity index (χ3v) is 4.26. The minimum Gasteiger partial charge on any atom is -0.308 e. The van der Waals surface area contributed by atoms with Gasteiger partial charge in [0, 0.05) is 42.5 Å². The Morgan fingerprint density at radius 1 is 1.45 bits per heavy atom. The van der Waals surface area contributed by atoms with Gasteiger partial charge in [-0.15, -0.1) is 11.3 Å². The van der Waals surface area contributed by atoms with Crippen LogP contribution in [0, 0.1) is 0 Å². The van der Waals surface area contributed by atoms with Crippen molar-refractivity contribution < 1.29 is 0 Å². The number of hydrogen-bond acceptors (Lipinski definition) is 4. The van der Waals surface area contributed by atoms with Crippen LogP contribution in [0.3, 0.4) is 0 Å². The van der Waals surface area contributed by atoms with Gasteiger partial charge in [-0.2, -0.15) is 0 Å². The summed E-state index contributed by atoms with van der Waals surface area (Å²) >= 11 is 7.81. The molecule has 0 saturated heterocycles. The molecule has 4 nitrogen and oxygen atoms in total. The lowest BCUT2D eigenvalue weighted by atomic mass is 10.2. The molecule has 1 N–H and O–H groups in total. The van der Waals surface area contributed by atoms with Gasteiger partial charge in [0.2, 0.25) is 0 Å². The summed E-state index contributed by atoms with van der Waals surface area (Å²) in [6.07, 6.45) is 4.72. The van der Waals surface area contributed by atoms with E-state index in [9.17, 15) is 0 Å². The van der Waals surface area contributed by atoms with Crippen LogP contribution >= 0.6 is 22.9 Å². The zero-order chi connectivity index (χ0) is 13.9. The first kappa shape index (κ1) is 13.5. The molecular weight excluding hydrogens is 292 g/mol. The van der Waals surface area contributed by atoms with Crippen molar-refractivity contribution in [3.8, 4) is 0 Å². The van der Waals surface area contributed by atoms with E-state index in [0.717, 1.165) is 29.3 Å². The standard InChI is InChI=1S/C14H15ClN4S/c1-10(16-7-5-11-4-2-3-6-17-11)12-13(15)18-14-19(12)8-9-20-14/h2-4,6,8-10,16H,5,7H2,1H3/t10-/m0/s1. The fourth-order valence-corrected chi connectivity index (χ4v) is 3.33. The van der Waals surface area contributed by atoms with Crippen LogP contribution in [0.5, 0.6) is 0 Å². The molecule has 20 heavy (non-hydrogen) atoms. The van der Waals surface area contributed by atoms with E-state index in [4.69, 9.17) is 11.6 Å². The molecule has 0 amide bonds. The van der Waals surface area contributed by atoms with Gasteiger partial charge in [-0.05, 0) is 19.1 Å². The number of imidazole rings is 1. The fraction of sp³-hybridized carbons (Fsp3) is 0.286. The Balaban J connectivity index is 1.66. The number of nitrogens with one attached hydrogen (secondary N) is 1. The largest absolute Gasteiger partial charge is 0.308 e. The maximum absolute atomic E-state index is 6.22. The molecule has 6 heteroatoms. The quantitative estimate of drug-likeness (QED) is 0.786. The zero-order valence-electron chi connectivity index (χ0n) is 11.1. The lowest BCUT2D eigenvalue weighted by Crippen LogP contribution is -2.22. The SMILES string of the molecule is C[C@H](NCCc1ccccn1)c1c(Cl)nc2sccn12. The van der Waals surface area contributed by atoms with Crippen molar-refractivity contribution in [2.45, 2.75) is 19.4 Å². The van der Waals surface area contributed by atoms with Gasteiger partial charge in [0.05, 0.1) is 5.69 Å². The Morgan fingerprint density at radius 3 is 3.15 bits per heavy atom. The summed E-state index contributed by atoms with van der Waals surface area (Å²) < 4.78 is 2.05. The number of rotatable bonds is 5. The van der Waals surface area contributed by atoms with Gasteiger partial charge in [0.15, 0.2) is 10.1 Å². The van der Waals surface area contributed by atoms with Crippen molar-refractivity contribution in [2.75, 3.05) is 6.54 Å². The van der Waals surface area contributed by atoms with E-state index >= 15 is 0 Å². The molecule has 0 aliphatic carbocycles. The first-order valence-corrected chi connectivity index (χ1v) is 7.75. The summed E-state index contributed by atoms with van der Waals surface area (Å²) in [5, 5.41) is 6.07.